The van der Waals surface area contributed by atoms with Gasteiger partial charge in [0.05, 0.1) is 7.11 Å². The van der Waals surface area contributed by atoms with E-state index in [0.717, 1.165) is 12.2 Å². The molecule has 2 rings (SSSR count). The molecule has 0 spiro atoms. The van der Waals surface area contributed by atoms with Crippen molar-refractivity contribution in [3.05, 3.63) is 29.8 Å². The molecule has 0 heterocycles. The number of rotatable bonds is 5. The average Bonchev–Trinajstić information content (AvgIpc) is 2.53. The average molecular weight is 275 g/mol. The summed E-state index contributed by atoms with van der Waals surface area (Å²) >= 11 is 0. The van der Waals surface area contributed by atoms with Crippen LogP contribution in [0.25, 0.3) is 0 Å². The summed E-state index contributed by atoms with van der Waals surface area (Å²) in [4.78, 5) is 14.2. The number of methoxy groups -OCH3 is 1. The molecule has 0 bridgehead atoms. The van der Waals surface area contributed by atoms with Crippen LogP contribution < -0.4 is 4.74 Å². The van der Waals surface area contributed by atoms with Crippen LogP contribution in [0.5, 0.6) is 5.75 Å². The van der Waals surface area contributed by atoms with E-state index in [4.69, 9.17) is 4.74 Å². The molecule has 1 aliphatic rings. The summed E-state index contributed by atoms with van der Waals surface area (Å²) in [5.74, 6) is 1.13. The van der Waals surface area contributed by atoms with Crippen LogP contribution in [0.1, 0.15) is 44.1 Å². The number of ether oxygens (including phenoxy) is 1. The Hall–Kier alpha value is -1.51. The summed E-state index contributed by atoms with van der Waals surface area (Å²) in [5.41, 5.74) is 1.19. The van der Waals surface area contributed by atoms with Crippen molar-refractivity contribution in [3.63, 3.8) is 0 Å². The maximum atomic E-state index is 12.2. The van der Waals surface area contributed by atoms with Crippen LogP contribution in [0.3, 0.4) is 0 Å². The lowest BCUT2D eigenvalue weighted by molar-refractivity contribution is -0.132. The van der Waals surface area contributed by atoms with Crippen LogP contribution in [-0.2, 0) is 11.2 Å². The van der Waals surface area contributed by atoms with Crippen LogP contribution in [0, 0.1) is 0 Å². The van der Waals surface area contributed by atoms with E-state index in [9.17, 15) is 4.79 Å². The van der Waals surface area contributed by atoms with Crippen molar-refractivity contribution in [2.24, 2.45) is 0 Å². The van der Waals surface area contributed by atoms with Crippen molar-refractivity contribution in [3.8, 4) is 5.75 Å². The molecule has 0 radical (unpaired) electrons. The quantitative estimate of drug-likeness (QED) is 0.824. The Kier molecular flexibility index (Phi) is 5.45. The zero-order valence-corrected chi connectivity index (χ0v) is 12.6. The zero-order chi connectivity index (χ0) is 14.4. The molecule has 1 aliphatic carbocycles. The SMILES string of the molecule is COc1ccc(CCC(=O)N(C)C2CCCCC2)cc1. The van der Waals surface area contributed by atoms with Crippen LogP contribution in [0.4, 0.5) is 0 Å². The Balaban J connectivity index is 1.81. The number of hydrogen-bond donors (Lipinski definition) is 0. The van der Waals surface area contributed by atoms with Gasteiger partial charge in [-0.2, -0.15) is 0 Å². The van der Waals surface area contributed by atoms with Crippen molar-refractivity contribution in [2.45, 2.75) is 51.0 Å². The number of hydrogen-bond acceptors (Lipinski definition) is 2. The third-order valence-corrected chi connectivity index (χ3v) is 4.30. The van der Waals surface area contributed by atoms with Crippen LogP contribution in [-0.4, -0.2) is 31.0 Å². The molecule has 0 aliphatic heterocycles. The van der Waals surface area contributed by atoms with E-state index in [1.807, 2.05) is 36.2 Å². The summed E-state index contributed by atoms with van der Waals surface area (Å²) in [6.07, 6.45) is 7.60. The van der Waals surface area contributed by atoms with Gasteiger partial charge >= 0.3 is 0 Å². The molecule has 1 aromatic rings. The molecule has 3 heteroatoms. The van der Waals surface area contributed by atoms with Gasteiger partial charge < -0.3 is 9.64 Å². The lowest BCUT2D eigenvalue weighted by Crippen LogP contribution is -2.38. The third kappa shape index (κ3) is 3.99. The molecule has 1 aromatic carbocycles. The molecule has 0 saturated heterocycles. The first kappa shape index (κ1) is 14.9. The lowest BCUT2D eigenvalue weighted by atomic mass is 9.94. The highest BCUT2D eigenvalue weighted by atomic mass is 16.5. The fraction of sp³-hybridized carbons (Fsp3) is 0.588. The van der Waals surface area contributed by atoms with E-state index in [-0.39, 0.29) is 5.91 Å². The number of amides is 1. The molecule has 20 heavy (non-hydrogen) atoms. The first-order valence-corrected chi connectivity index (χ1v) is 7.59. The zero-order valence-electron chi connectivity index (χ0n) is 12.6. The molecule has 1 fully saturated rings. The van der Waals surface area contributed by atoms with Gasteiger partial charge in [0.25, 0.3) is 0 Å². The normalized spacial score (nSPS) is 15.9. The number of nitrogens with zero attached hydrogens (tertiary/aromatic N) is 1. The van der Waals surface area contributed by atoms with Crippen LogP contribution >= 0.6 is 0 Å². The first-order chi connectivity index (χ1) is 9.70. The largest absolute Gasteiger partial charge is 0.497 e. The van der Waals surface area contributed by atoms with Gasteiger partial charge in [-0.15, -0.1) is 0 Å². The Morgan fingerprint density at radius 1 is 1.20 bits per heavy atom. The van der Waals surface area contributed by atoms with Gasteiger partial charge in [0.2, 0.25) is 5.91 Å². The molecule has 0 aromatic heterocycles. The minimum atomic E-state index is 0.271. The summed E-state index contributed by atoms with van der Waals surface area (Å²) in [5, 5.41) is 0. The molecule has 0 unspecified atom stereocenters. The first-order valence-electron chi connectivity index (χ1n) is 7.59. The molecule has 3 nitrogen and oxygen atoms in total. The minimum absolute atomic E-state index is 0.271. The molecular weight excluding hydrogens is 250 g/mol. The van der Waals surface area contributed by atoms with Crippen molar-refractivity contribution in [1.29, 1.82) is 0 Å². The van der Waals surface area contributed by atoms with E-state index in [0.29, 0.717) is 12.5 Å². The van der Waals surface area contributed by atoms with Gasteiger partial charge in [-0.3, -0.25) is 4.79 Å². The Morgan fingerprint density at radius 2 is 1.85 bits per heavy atom. The topological polar surface area (TPSA) is 29.5 Å². The molecule has 1 saturated carbocycles. The van der Waals surface area contributed by atoms with Gasteiger partial charge in [0, 0.05) is 19.5 Å². The highest BCUT2D eigenvalue weighted by molar-refractivity contribution is 5.76. The fourth-order valence-corrected chi connectivity index (χ4v) is 2.89. The predicted molar refractivity (Wildman–Crippen MR) is 81.0 cm³/mol. The summed E-state index contributed by atoms with van der Waals surface area (Å²) in [6.45, 7) is 0. The van der Waals surface area contributed by atoms with Gasteiger partial charge in [-0.25, -0.2) is 0 Å². The molecular formula is C17H25NO2. The van der Waals surface area contributed by atoms with Crippen molar-refractivity contribution >= 4 is 5.91 Å². The number of aryl methyl sites for hydroxylation is 1. The predicted octanol–water partition coefficient (Wildman–Crippen LogP) is 3.42. The molecule has 110 valence electrons. The fourth-order valence-electron chi connectivity index (χ4n) is 2.89. The van der Waals surface area contributed by atoms with Crippen LogP contribution in [0.15, 0.2) is 24.3 Å². The van der Waals surface area contributed by atoms with E-state index in [1.54, 1.807) is 7.11 Å². The maximum Gasteiger partial charge on any atom is 0.222 e. The van der Waals surface area contributed by atoms with Crippen LogP contribution in [0.2, 0.25) is 0 Å². The summed E-state index contributed by atoms with van der Waals surface area (Å²) in [6, 6.07) is 8.43. The highest BCUT2D eigenvalue weighted by Gasteiger charge is 2.21. The lowest BCUT2D eigenvalue weighted by Gasteiger charge is -2.31. The van der Waals surface area contributed by atoms with Crippen molar-refractivity contribution < 1.29 is 9.53 Å². The summed E-state index contributed by atoms with van der Waals surface area (Å²) in [7, 11) is 3.63. The van der Waals surface area contributed by atoms with E-state index in [2.05, 4.69) is 0 Å². The van der Waals surface area contributed by atoms with E-state index in [1.165, 1.54) is 37.7 Å². The Bertz CT molecular complexity index is 421. The second-order valence-electron chi connectivity index (χ2n) is 5.64. The number of carbonyl (C=O) groups is 1. The van der Waals surface area contributed by atoms with Gasteiger partial charge in [0.1, 0.15) is 5.75 Å². The summed E-state index contributed by atoms with van der Waals surface area (Å²) < 4.78 is 5.14. The van der Waals surface area contributed by atoms with E-state index < -0.39 is 0 Å². The van der Waals surface area contributed by atoms with E-state index >= 15 is 0 Å². The van der Waals surface area contributed by atoms with Gasteiger partial charge in [-0.1, -0.05) is 31.4 Å². The second kappa shape index (κ2) is 7.32. The standard InChI is InChI=1S/C17H25NO2/c1-18(15-6-4-3-5-7-15)17(19)13-10-14-8-11-16(20-2)12-9-14/h8-9,11-12,15H,3-7,10,13H2,1-2H3. The van der Waals surface area contributed by atoms with Crippen molar-refractivity contribution in [1.82, 2.24) is 4.90 Å². The minimum Gasteiger partial charge on any atom is -0.497 e. The maximum absolute atomic E-state index is 12.2. The Labute approximate surface area is 121 Å². The highest BCUT2D eigenvalue weighted by Crippen LogP contribution is 2.22. The third-order valence-electron chi connectivity index (χ3n) is 4.30. The van der Waals surface area contributed by atoms with Gasteiger partial charge in [-0.05, 0) is 37.0 Å². The smallest absolute Gasteiger partial charge is 0.222 e. The number of benzene rings is 1. The second-order valence-corrected chi connectivity index (χ2v) is 5.64. The Morgan fingerprint density at radius 3 is 2.45 bits per heavy atom. The number of carbonyl (C=O) groups excluding carboxylic acids is 1. The molecule has 1 amide bonds. The monoisotopic (exact) mass is 275 g/mol. The molecule has 0 atom stereocenters. The van der Waals surface area contributed by atoms with Gasteiger partial charge in [0.15, 0.2) is 0 Å². The molecule has 0 N–H and O–H groups in total. The van der Waals surface area contributed by atoms with Crippen molar-refractivity contribution in [2.75, 3.05) is 14.2 Å².